The zero-order valence-corrected chi connectivity index (χ0v) is 12.9. The van der Waals surface area contributed by atoms with Crippen LogP contribution in [0.3, 0.4) is 0 Å². The lowest BCUT2D eigenvalue weighted by Crippen LogP contribution is -2.18. The Morgan fingerprint density at radius 2 is 2.33 bits per heavy atom. The molecule has 0 saturated carbocycles. The van der Waals surface area contributed by atoms with Gasteiger partial charge >= 0.3 is 5.69 Å². The van der Waals surface area contributed by atoms with E-state index in [1.807, 2.05) is 0 Å². The summed E-state index contributed by atoms with van der Waals surface area (Å²) in [5.74, 6) is 0.196. The summed E-state index contributed by atoms with van der Waals surface area (Å²) in [6.45, 7) is 1.56. The van der Waals surface area contributed by atoms with Crippen LogP contribution in [0.2, 0.25) is 5.28 Å². The van der Waals surface area contributed by atoms with Crippen molar-refractivity contribution in [2.75, 3.05) is 5.32 Å². The van der Waals surface area contributed by atoms with Crippen LogP contribution in [-0.2, 0) is 6.42 Å². The van der Waals surface area contributed by atoms with Crippen LogP contribution in [0.4, 0.5) is 11.5 Å². The first-order chi connectivity index (χ1) is 10.1. The van der Waals surface area contributed by atoms with Gasteiger partial charge in [-0.1, -0.05) is 0 Å². The smallest absolute Gasteiger partial charge is 0.332 e. The quantitative estimate of drug-likeness (QED) is 0.526. The van der Waals surface area contributed by atoms with E-state index in [0.29, 0.717) is 0 Å². The van der Waals surface area contributed by atoms with Crippen LogP contribution in [0.15, 0.2) is 11.4 Å². The number of nitrogens with zero attached hydrogens (tertiary/aromatic N) is 3. The van der Waals surface area contributed by atoms with Crippen LogP contribution in [0, 0.1) is 17.0 Å². The maximum absolute atomic E-state index is 11.2. The fourth-order valence-corrected chi connectivity index (χ4v) is 3.85. The highest BCUT2D eigenvalue weighted by atomic mass is 35.5. The molecule has 3 rings (SSSR count). The summed E-state index contributed by atoms with van der Waals surface area (Å²) < 4.78 is 0. The number of fused-ring (bicyclic) bond motifs is 1. The van der Waals surface area contributed by atoms with Gasteiger partial charge in [0.05, 0.1) is 11.0 Å². The zero-order chi connectivity index (χ0) is 15.0. The number of halogens is 1. The molecule has 1 atom stereocenters. The van der Waals surface area contributed by atoms with E-state index in [0.717, 1.165) is 19.3 Å². The second-order valence-corrected chi connectivity index (χ2v) is 6.26. The Morgan fingerprint density at radius 3 is 3.10 bits per heavy atom. The molecular formula is C13H13ClN4O2S. The molecular weight excluding hydrogens is 312 g/mol. The summed E-state index contributed by atoms with van der Waals surface area (Å²) in [7, 11) is 0. The van der Waals surface area contributed by atoms with Gasteiger partial charge in [0.25, 0.3) is 0 Å². The molecule has 1 aliphatic carbocycles. The number of anilines is 1. The van der Waals surface area contributed by atoms with E-state index in [1.54, 1.807) is 18.3 Å². The van der Waals surface area contributed by atoms with E-state index in [9.17, 15) is 10.1 Å². The molecule has 2 heterocycles. The normalized spacial score (nSPS) is 17.3. The Kier molecular flexibility index (Phi) is 3.77. The van der Waals surface area contributed by atoms with Gasteiger partial charge in [0, 0.05) is 4.88 Å². The minimum absolute atomic E-state index is 0.0157. The Labute approximate surface area is 130 Å². The van der Waals surface area contributed by atoms with Crippen molar-refractivity contribution >= 4 is 34.4 Å². The molecule has 110 valence electrons. The molecule has 1 unspecified atom stereocenters. The maximum Gasteiger partial charge on any atom is 0.332 e. The van der Waals surface area contributed by atoms with E-state index in [4.69, 9.17) is 11.6 Å². The van der Waals surface area contributed by atoms with Crippen LogP contribution in [0.1, 0.15) is 35.0 Å². The lowest BCUT2D eigenvalue weighted by molar-refractivity contribution is -0.385. The number of hydrogen-bond acceptors (Lipinski definition) is 6. The number of nitro groups is 1. The van der Waals surface area contributed by atoms with Gasteiger partial charge in [0.1, 0.15) is 5.69 Å². The predicted molar refractivity (Wildman–Crippen MR) is 82.1 cm³/mol. The van der Waals surface area contributed by atoms with Crippen LogP contribution < -0.4 is 5.32 Å². The maximum atomic E-state index is 11.2. The van der Waals surface area contributed by atoms with Crippen LogP contribution in [0.5, 0.6) is 0 Å². The molecule has 6 nitrogen and oxygen atoms in total. The summed E-state index contributed by atoms with van der Waals surface area (Å²) in [5.41, 5.74) is 1.36. The summed E-state index contributed by atoms with van der Waals surface area (Å²) >= 11 is 7.56. The van der Waals surface area contributed by atoms with Crippen molar-refractivity contribution in [1.82, 2.24) is 9.97 Å². The molecule has 0 aliphatic heterocycles. The third-order valence-electron chi connectivity index (χ3n) is 3.58. The third kappa shape index (κ3) is 2.71. The van der Waals surface area contributed by atoms with E-state index >= 15 is 0 Å². The summed E-state index contributed by atoms with van der Waals surface area (Å²) in [6.07, 6.45) is 3.04. The topological polar surface area (TPSA) is 81.0 Å². The fraction of sp³-hybridized carbons (Fsp3) is 0.385. The molecule has 0 fully saturated rings. The molecule has 21 heavy (non-hydrogen) atoms. The van der Waals surface area contributed by atoms with Crippen molar-refractivity contribution in [2.45, 2.75) is 32.2 Å². The number of aryl methyl sites for hydroxylation is 2. The van der Waals surface area contributed by atoms with Crippen LogP contribution in [0.25, 0.3) is 0 Å². The van der Waals surface area contributed by atoms with Gasteiger partial charge in [-0.25, -0.2) is 4.98 Å². The molecule has 0 bridgehead atoms. The first-order valence-electron chi connectivity index (χ1n) is 6.57. The van der Waals surface area contributed by atoms with Crippen molar-refractivity contribution in [3.8, 4) is 0 Å². The standard InChI is InChI=1S/C13H13ClN4O2S/c1-7-11(18(19)20)12(17-13(14)15-7)16-9-3-2-4-10-8(9)5-6-21-10/h5-6,9H,2-4H2,1H3,(H,15,16,17). The highest BCUT2D eigenvalue weighted by Crippen LogP contribution is 2.37. The molecule has 0 amide bonds. The first kappa shape index (κ1) is 14.2. The number of rotatable bonds is 3. The number of hydrogen-bond donors (Lipinski definition) is 1. The van der Waals surface area contributed by atoms with Crippen molar-refractivity contribution in [3.05, 3.63) is 43.0 Å². The van der Waals surface area contributed by atoms with Gasteiger partial charge in [-0.2, -0.15) is 4.98 Å². The van der Waals surface area contributed by atoms with E-state index in [2.05, 4.69) is 26.7 Å². The average molecular weight is 325 g/mol. The Morgan fingerprint density at radius 1 is 1.52 bits per heavy atom. The largest absolute Gasteiger partial charge is 0.357 e. The fourth-order valence-electron chi connectivity index (χ4n) is 2.65. The summed E-state index contributed by atoms with van der Waals surface area (Å²) in [5, 5.41) is 16.5. The average Bonchev–Trinajstić information content (AvgIpc) is 2.86. The number of aromatic nitrogens is 2. The zero-order valence-electron chi connectivity index (χ0n) is 11.3. The first-order valence-corrected chi connectivity index (χ1v) is 7.83. The highest BCUT2D eigenvalue weighted by Gasteiger charge is 2.27. The summed E-state index contributed by atoms with van der Waals surface area (Å²) in [4.78, 5) is 20.0. The molecule has 1 N–H and O–H groups in total. The molecule has 8 heteroatoms. The predicted octanol–water partition coefficient (Wildman–Crippen LogP) is 3.90. The second-order valence-electron chi connectivity index (χ2n) is 4.92. The summed E-state index contributed by atoms with van der Waals surface area (Å²) in [6, 6.07) is 2.10. The van der Waals surface area contributed by atoms with Gasteiger partial charge < -0.3 is 5.32 Å². The number of nitrogens with one attached hydrogen (secondary N) is 1. The molecule has 2 aromatic heterocycles. The van der Waals surface area contributed by atoms with Crippen molar-refractivity contribution in [1.29, 1.82) is 0 Å². The molecule has 0 aromatic carbocycles. The van der Waals surface area contributed by atoms with E-state index in [-0.39, 0.29) is 28.5 Å². The second kappa shape index (κ2) is 5.57. The Bertz CT molecular complexity index is 703. The minimum atomic E-state index is -0.467. The van der Waals surface area contributed by atoms with Gasteiger partial charge in [0.15, 0.2) is 0 Å². The lowest BCUT2D eigenvalue weighted by atomic mass is 9.94. The molecule has 0 radical (unpaired) electrons. The Balaban J connectivity index is 1.98. The minimum Gasteiger partial charge on any atom is -0.357 e. The molecule has 1 aliphatic rings. The van der Waals surface area contributed by atoms with Gasteiger partial charge in [-0.15, -0.1) is 11.3 Å². The van der Waals surface area contributed by atoms with E-state index in [1.165, 1.54) is 10.4 Å². The van der Waals surface area contributed by atoms with E-state index < -0.39 is 4.92 Å². The molecule has 0 saturated heterocycles. The van der Waals surface area contributed by atoms with Gasteiger partial charge in [0.2, 0.25) is 11.1 Å². The van der Waals surface area contributed by atoms with Crippen molar-refractivity contribution in [2.24, 2.45) is 0 Å². The highest BCUT2D eigenvalue weighted by molar-refractivity contribution is 7.10. The van der Waals surface area contributed by atoms with Crippen molar-refractivity contribution < 1.29 is 4.92 Å². The molecule has 2 aromatic rings. The van der Waals surface area contributed by atoms with Crippen LogP contribution in [-0.4, -0.2) is 14.9 Å². The Hall–Kier alpha value is -1.73. The third-order valence-corrected chi connectivity index (χ3v) is 4.74. The molecule has 0 spiro atoms. The monoisotopic (exact) mass is 324 g/mol. The van der Waals surface area contributed by atoms with Gasteiger partial charge in [-0.05, 0) is 54.8 Å². The van der Waals surface area contributed by atoms with Crippen molar-refractivity contribution in [3.63, 3.8) is 0 Å². The lowest BCUT2D eigenvalue weighted by Gasteiger charge is -2.24. The number of thiophene rings is 1. The SMILES string of the molecule is Cc1nc(Cl)nc(NC2CCCc3sccc32)c1[N+](=O)[O-]. The van der Waals surface area contributed by atoms with Gasteiger partial charge in [-0.3, -0.25) is 10.1 Å². The van der Waals surface area contributed by atoms with Crippen LogP contribution >= 0.6 is 22.9 Å².